The van der Waals surface area contributed by atoms with Crippen LogP contribution < -0.4 is 0 Å². The summed E-state index contributed by atoms with van der Waals surface area (Å²) in [4.78, 5) is 22.1. The fourth-order valence-corrected chi connectivity index (χ4v) is 2.16. The Bertz CT molecular complexity index is 455. The molecule has 1 aliphatic carbocycles. The molecule has 0 spiro atoms. The van der Waals surface area contributed by atoms with Crippen LogP contribution in [0, 0.1) is 0 Å². The molecule has 84 valence electrons. The smallest absolute Gasteiger partial charge is 0.335 e. The van der Waals surface area contributed by atoms with Gasteiger partial charge in [0, 0.05) is 12.0 Å². The van der Waals surface area contributed by atoms with Crippen molar-refractivity contribution in [3.8, 4) is 0 Å². The zero-order valence-electron chi connectivity index (χ0n) is 8.83. The Labute approximate surface area is 98.4 Å². The van der Waals surface area contributed by atoms with Gasteiger partial charge in [-0.05, 0) is 12.5 Å². The van der Waals surface area contributed by atoms with Crippen molar-refractivity contribution in [1.82, 2.24) is 0 Å². The van der Waals surface area contributed by atoms with Crippen LogP contribution in [0.4, 0.5) is 0 Å². The van der Waals surface area contributed by atoms with Crippen LogP contribution in [0.2, 0.25) is 0 Å². The first kappa shape index (κ1) is 11.1. The lowest BCUT2D eigenvalue weighted by atomic mass is 10.0. The van der Waals surface area contributed by atoms with Gasteiger partial charge in [-0.25, -0.2) is 4.79 Å². The average molecular weight is 239 g/mol. The minimum absolute atomic E-state index is 0.211. The number of esters is 1. The zero-order valence-corrected chi connectivity index (χ0v) is 9.58. The predicted molar refractivity (Wildman–Crippen MR) is 59.7 cm³/mol. The van der Waals surface area contributed by atoms with E-state index in [1.54, 1.807) is 25.1 Å². The van der Waals surface area contributed by atoms with Crippen LogP contribution >= 0.6 is 11.6 Å². The number of ether oxygens (including phenoxy) is 1. The molecule has 1 aliphatic rings. The molecule has 0 bridgehead atoms. The molecule has 0 saturated carbocycles. The normalized spacial score (nSPS) is 23.0. The first-order chi connectivity index (χ1) is 7.59. The molecule has 1 aromatic carbocycles. The molecule has 4 heteroatoms. The number of halogens is 1. The highest BCUT2D eigenvalue weighted by atomic mass is 35.5. The Morgan fingerprint density at radius 3 is 2.81 bits per heavy atom. The van der Waals surface area contributed by atoms with Gasteiger partial charge < -0.3 is 4.74 Å². The van der Waals surface area contributed by atoms with Crippen molar-refractivity contribution in [3.05, 3.63) is 35.4 Å². The zero-order chi connectivity index (χ0) is 11.8. The lowest BCUT2D eigenvalue weighted by molar-refractivity contribution is -0.144. The van der Waals surface area contributed by atoms with Crippen LogP contribution in [0.5, 0.6) is 0 Å². The van der Waals surface area contributed by atoms with Crippen LogP contribution in [0.25, 0.3) is 0 Å². The number of ketones is 1. The van der Waals surface area contributed by atoms with Crippen molar-refractivity contribution in [2.75, 3.05) is 6.61 Å². The number of alkyl halides is 1. The maximum Gasteiger partial charge on any atom is 0.335 e. The topological polar surface area (TPSA) is 43.4 Å². The summed E-state index contributed by atoms with van der Waals surface area (Å²) in [6, 6.07) is 7.06. The number of carbonyl (C=O) groups is 2. The van der Waals surface area contributed by atoms with E-state index in [0.717, 1.165) is 5.56 Å². The SMILES string of the molecule is CCOC(=O)[C@]1(Cl)Cc2ccccc2C1=O. The molecule has 2 rings (SSSR count). The Morgan fingerprint density at radius 2 is 2.19 bits per heavy atom. The molecular weight excluding hydrogens is 228 g/mol. The molecule has 0 aliphatic heterocycles. The summed E-state index contributed by atoms with van der Waals surface area (Å²) in [7, 11) is 0. The van der Waals surface area contributed by atoms with Gasteiger partial charge in [0.1, 0.15) is 0 Å². The highest BCUT2D eigenvalue weighted by Crippen LogP contribution is 2.36. The van der Waals surface area contributed by atoms with Crippen LogP contribution in [-0.2, 0) is 16.0 Å². The largest absolute Gasteiger partial charge is 0.464 e. The van der Waals surface area contributed by atoms with E-state index in [4.69, 9.17) is 16.3 Å². The van der Waals surface area contributed by atoms with Crippen molar-refractivity contribution in [1.29, 1.82) is 0 Å². The Balaban J connectivity index is 2.37. The van der Waals surface area contributed by atoms with E-state index in [0.29, 0.717) is 5.56 Å². The van der Waals surface area contributed by atoms with Crippen LogP contribution in [0.3, 0.4) is 0 Å². The summed E-state index contributed by atoms with van der Waals surface area (Å²) < 4.78 is 4.84. The maximum absolute atomic E-state index is 12.0. The average Bonchev–Trinajstić information content (AvgIpc) is 2.54. The number of benzene rings is 1. The highest BCUT2D eigenvalue weighted by molar-refractivity contribution is 6.49. The molecule has 0 heterocycles. The van der Waals surface area contributed by atoms with Crippen molar-refractivity contribution >= 4 is 23.4 Å². The van der Waals surface area contributed by atoms with Crippen molar-refractivity contribution in [2.45, 2.75) is 18.2 Å². The standard InChI is InChI=1S/C12H11ClO3/c1-2-16-11(15)12(13)7-8-5-3-4-6-9(8)10(12)14/h3-6H,2,7H2,1H3/t12-/m0/s1. The number of rotatable bonds is 2. The molecule has 0 N–H and O–H groups in total. The summed E-state index contributed by atoms with van der Waals surface area (Å²) in [5, 5.41) is 0. The second kappa shape index (κ2) is 3.91. The molecule has 0 unspecified atom stereocenters. The number of hydrogen-bond acceptors (Lipinski definition) is 3. The fraction of sp³-hybridized carbons (Fsp3) is 0.333. The third kappa shape index (κ3) is 1.52. The second-order valence-electron chi connectivity index (χ2n) is 3.68. The number of hydrogen-bond donors (Lipinski definition) is 0. The van der Waals surface area contributed by atoms with Gasteiger partial charge in [0.15, 0.2) is 5.78 Å². The lowest BCUT2D eigenvalue weighted by Crippen LogP contribution is -2.40. The van der Waals surface area contributed by atoms with Gasteiger partial charge in [-0.15, -0.1) is 0 Å². The third-order valence-electron chi connectivity index (χ3n) is 2.65. The van der Waals surface area contributed by atoms with Crippen LogP contribution in [0.1, 0.15) is 22.8 Å². The van der Waals surface area contributed by atoms with Gasteiger partial charge in [0.25, 0.3) is 0 Å². The Morgan fingerprint density at radius 1 is 1.50 bits per heavy atom. The summed E-state index contributed by atoms with van der Waals surface area (Å²) in [5.74, 6) is -1.01. The summed E-state index contributed by atoms with van der Waals surface area (Å²) in [5.41, 5.74) is 1.32. The summed E-state index contributed by atoms with van der Waals surface area (Å²) in [6.45, 7) is 1.90. The molecule has 0 aromatic heterocycles. The van der Waals surface area contributed by atoms with E-state index in [2.05, 4.69) is 0 Å². The van der Waals surface area contributed by atoms with Gasteiger partial charge in [-0.3, -0.25) is 4.79 Å². The highest BCUT2D eigenvalue weighted by Gasteiger charge is 2.51. The predicted octanol–water partition coefficient (Wildman–Crippen LogP) is 1.97. The first-order valence-corrected chi connectivity index (χ1v) is 5.46. The third-order valence-corrected chi connectivity index (χ3v) is 3.11. The van der Waals surface area contributed by atoms with E-state index >= 15 is 0 Å². The molecule has 1 atom stereocenters. The quantitative estimate of drug-likeness (QED) is 0.450. The van der Waals surface area contributed by atoms with Gasteiger partial charge in [0.05, 0.1) is 6.61 Å². The lowest BCUT2D eigenvalue weighted by Gasteiger charge is -2.16. The first-order valence-electron chi connectivity index (χ1n) is 5.08. The Hall–Kier alpha value is -1.35. The molecular formula is C12H11ClO3. The van der Waals surface area contributed by atoms with Gasteiger partial charge in [0.2, 0.25) is 4.87 Å². The van der Waals surface area contributed by atoms with Crippen LogP contribution in [-0.4, -0.2) is 23.2 Å². The maximum atomic E-state index is 12.0. The van der Waals surface area contributed by atoms with E-state index in [1.807, 2.05) is 6.07 Å². The summed E-state index contributed by atoms with van der Waals surface area (Å²) in [6.07, 6.45) is 0.211. The van der Waals surface area contributed by atoms with Crippen molar-refractivity contribution < 1.29 is 14.3 Å². The Kier molecular flexibility index (Phi) is 2.72. The molecule has 0 radical (unpaired) electrons. The van der Waals surface area contributed by atoms with E-state index in [1.165, 1.54) is 0 Å². The van der Waals surface area contributed by atoms with E-state index in [9.17, 15) is 9.59 Å². The summed E-state index contributed by atoms with van der Waals surface area (Å²) >= 11 is 6.09. The van der Waals surface area contributed by atoms with Gasteiger partial charge in [-0.2, -0.15) is 0 Å². The molecule has 16 heavy (non-hydrogen) atoms. The minimum atomic E-state index is -1.56. The molecule has 0 saturated heterocycles. The minimum Gasteiger partial charge on any atom is -0.464 e. The van der Waals surface area contributed by atoms with E-state index < -0.39 is 10.8 Å². The number of carbonyl (C=O) groups excluding carboxylic acids is 2. The van der Waals surface area contributed by atoms with Crippen molar-refractivity contribution in [2.24, 2.45) is 0 Å². The number of Topliss-reactive ketones (excluding diaryl/α,β-unsaturated/α-hetero) is 1. The molecule has 0 fully saturated rings. The van der Waals surface area contributed by atoms with Crippen LogP contribution in [0.15, 0.2) is 24.3 Å². The molecule has 1 aromatic rings. The second-order valence-corrected chi connectivity index (χ2v) is 4.33. The molecule has 0 amide bonds. The monoisotopic (exact) mass is 238 g/mol. The van der Waals surface area contributed by atoms with E-state index in [-0.39, 0.29) is 18.8 Å². The van der Waals surface area contributed by atoms with Crippen molar-refractivity contribution in [3.63, 3.8) is 0 Å². The van der Waals surface area contributed by atoms with Gasteiger partial charge >= 0.3 is 5.97 Å². The molecule has 3 nitrogen and oxygen atoms in total. The fourth-order valence-electron chi connectivity index (χ4n) is 1.86. The van der Waals surface area contributed by atoms with Gasteiger partial charge in [-0.1, -0.05) is 35.9 Å². The number of fused-ring (bicyclic) bond motifs is 1.